The van der Waals surface area contributed by atoms with Crippen LogP contribution in [0.25, 0.3) is 11.3 Å². The number of halogens is 2. The van der Waals surface area contributed by atoms with Crippen molar-refractivity contribution >= 4 is 15.8 Å². The highest BCUT2D eigenvalue weighted by Crippen LogP contribution is 2.34. The molecule has 184 valence electrons. The molecule has 4 rings (SSSR count). The Hall–Kier alpha value is -3.18. The van der Waals surface area contributed by atoms with Gasteiger partial charge < -0.3 is 0 Å². The summed E-state index contributed by atoms with van der Waals surface area (Å²) in [5.41, 5.74) is 3.13. The topological polar surface area (TPSA) is 106 Å². The molecule has 0 unspecified atom stereocenters. The lowest BCUT2D eigenvalue weighted by Crippen LogP contribution is -2.44. The summed E-state index contributed by atoms with van der Waals surface area (Å²) in [5.74, 6) is -0.578. The number of sulfonamides is 1. The quantitative estimate of drug-likeness (QED) is 0.457. The molecular formula is C24H25F2N5O3S. The second-order valence-electron chi connectivity index (χ2n) is 8.64. The number of aromatic nitrogens is 4. The molecule has 3 atom stereocenters. The number of ketones is 1. The van der Waals surface area contributed by atoms with Gasteiger partial charge in [0.15, 0.2) is 5.78 Å². The molecular weight excluding hydrogens is 476 g/mol. The first-order valence-electron chi connectivity index (χ1n) is 11.1. The van der Waals surface area contributed by atoms with E-state index >= 15 is 0 Å². The normalized spacial score (nSPS) is 20.8. The first-order chi connectivity index (χ1) is 16.6. The van der Waals surface area contributed by atoms with Crippen LogP contribution in [0.5, 0.6) is 0 Å². The van der Waals surface area contributed by atoms with Crippen molar-refractivity contribution in [2.45, 2.75) is 63.2 Å². The van der Waals surface area contributed by atoms with E-state index in [2.05, 4.69) is 19.9 Å². The lowest BCUT2D eigenvalue weighted by atomic mass is 9.99. The van der Waals surface area contributed by atoms with Crippen molar-refractivity contribution in [2.75, 3.05) is 0 Å². The summed E-state index contributed by atoms with van der Waals surface area (Å²) in [6.45, 7) is 5.08. The van der Waals surface area contributed by atoms with Gasteiger partial charge in [0.25, 0.3) is 0 Å². The van der Waals surface area contributed by atoms with Crippen LogP contribution in [0.1, 0.15) is 36.7 Å². The predicted octanol–water partition coefficient (Wildman–Crippen LogP) is 3.38. The number of hydrogen-bond donors (Lipinski definition) is 0. The van der Waals surface area contributed by atoms with Crippen LogP contribution < -0.4 is 0 Å². The Kier molecular flexibility index (Phi) is 7.00. The first-order valence-corrected chi connectivity index (χ1v) is 12.6. The SMILES string of the molecule is Cc1ncc(-c2cc(CCC(=O)[C@@H]3C[C@@H](F)[C@H](C)N3S(=O)(=O)c3ccc(F)nc3)c(C)cn2)cn1. The first kappa shape index (κ1) is 24.9. The van der Waals surface area contributed by atoms with E-state index in [1.165, 1.54) is 6.92 Å². The Labute approximate surface area is 202 Å². The van der Waals surface area contributed by atoms with Crippen molar-refractivity contribution in [3.8, 4) is 11.3 Å². The van der Waals surface area contributed by atoms with Gasteiger partial charge in [-0.25, -0.2) is 27.8 Å². The molecule has 0 bridgehead atoms. The number of aryl methyl sites for hydroxylation is 3. The molecule has 11 heteroatoms. The van der Waals surface area contributed by atoms with Crippen molar-refractivity contribution in [3.63, 3.8) is 0 Å². The fourth-order valence-corrected chi connectivity index (χ4v) is 5.97. The number of rotatable bonds is 7. The molecule has 8 nitrogen and oxygen atoms in total. The van der Waals surface area contributed by atoms with Crippen molar-refractivity contribution in [1.29, 1.82) is 0 Å². The van der Waals surface area contributed by atoms with E-state index in [-0.39, 0.29) is 23.5 Å². The summed E-state index contributed by atoms with van der Waals surface area (Å²) in [5, 5.41) is 0. The summed E-state index contributed by atoms with van der Waals surface area (Å²) in [6.07, 6.45) is 4.54. The number of nitrogens with zero attached hydrogens (tertiary/aromatic N) is 5. The summed E-state index contributed by atoms with van der Waals surface area (Å²) in [4.78, 5) is 29.1. The van der Waals surface area contributed by atoms with E-state index in [0.717, 1.165) is 39.3 Å². The zero-order valence-corrected chi connectivity index (χ0v) is 20.3. The lowest BCUT2D eigenvalue weighted by molar-refractivity contribution is -0.122. The second-order valence-corrected chi connectivity index (χ2v) is 10.5. The van der Waals surface area contributed by atoms with E-state index < -0.39 is 34.2 Å². The van der Waals surface area contributed by atoms with Gasteiger partial charge in [0.2, 0.25) is 16.0 Å². The van der Waals surface area contributed by atoms with Crippen molar-refractivity contribution < 1.29 is 22.0 Å². The number of Topliss-reactive ketones (excluding diaryl/α,β-unsaturated/α-hetero) is 1. The number of pyridine rings is 2. The second kappa shape index (κ2) is 9.82. The molecule has 0 amide bonds. The van der Waals surface area contributed by atoms with Gasteiger partial charge in [0.05, 0.1) is 24.0 Å². The summed E-state index contributed by atoms with van der Waals surface area (Å²) >= 11 is 0. The van der Waals surface area contributed by atoms with Crippen molar-refractivity contribution in [3.05, 3.63) is 65.9 Å². The van der Waals surface area contributed by atoms with Crippen molar-refractivity contribution in [2.24, 2.45) is 0 Å². The third-order valence-corrected chi connectivity index (χ3v) is 8.24. The summed E-state index contributed by atoms with van der Waals surface area (Å²) in [6, 6.07) is 1.65. The minimum atomic E-state index is -4.25. The molecule has 0 radical (unpaired) electrons. The summed E-state index contributed by atoms with van der Waals surface area (Å²) < 4.78 is 55.1. The Balaban J connectivity index is 1.54. The van der Waals surface area contributed by atoms with E-state index in [0.29, 0.717) is 17.9 Å². The zero-order valence-electron chi connectivity index (χ0n) is 19.5. The Morgan fingerprint density at radius 3 is 2.46 bits per heavy atom. The van der Waals surface area contributed by atoms with Crippen LogP contribution in [0.4, 0.5) is 8.78 Å². The highest BCUT2D eigenvalue weighted by Gasteiger charge is 2.48. The minimum Gasteiger partial charge on any atom is -0.298 e. The van der Waals surface area contributed by atoms with Gasteiger partial charge in [-0.15, -0.1) is 0 Å². The predicted molar refractivity (Wildman–Crippen MR) is 124 cm³/mol. The van der Waals surface area contributed by atoms with Crippen LogP contribution in [0.2, 0.25) is 0 Å². The number of carbonyl (C=O) groups excluding carboxylic acids is 1. The van der Waals surface area contributed by atoms with Crippen molar-refractivity contribution in [1.82, 2.24) is 24.2 Å². The van der Waals surface area contributed by atoms with Crippen LogP contribution in [0, 0.1) is 19.8 Å². The van der Waals surface area contributed by atoms with E-state index in [9.17, 15) is 22.0 Å². The molecule has 0 spiro atoms. The van der Waals surface area contributed by atoms with Crippen LogP contribution in [-0.4, -0.2) is 56.7 Å². The van der Waals surface area contributed by atoms with Gasteiger partial charge in [0, 0.05) is 37.0 Å². The molecule has 35 heavy (non-hydrogen) atoms. The Bertz CT molecular complexity index is 1330. The zero-order chi connectivity index (χ0) is 25.3. The van der Waals surface area contributed by atoms with Gasteiger partial charge in [-0.05, 0) is 56.5 Å². The highest BCUT2D eigenvalue weighted by atomic mass is 32.2. The van der Waals surface area contributed by atoms with Crippen LogP contribution in [-0.2, 0) is 21.2 Å². The molecule has 1 aliphatic rings. The standard InChI is InChI=1S/C24H25F2N5O3S/c1-14-10-29-21(18-11-27-16(3)28-12-18)8-17(14)4-6-23(32)22-9-20(25)15(2)31(22)35(33,34)19-5-7-24(26)30-13-19/h5,7-8,10-13,15,20,22H,4,6,9H2,1-3H3/t15-,20+,22-/m0/s1. The third-order valence-electron chi connectivity index (χ3n) is 6.26. The lowest BCUT2D eigenvalue weighted by Gasteiger charge is -2.26. The molecule has 0 aromatic carbocycles. The average molecular weight is 502 g/mol. The fourth-order valence-electron chi connectivity index (χ4n) is 4.20. The largest absolute Gasteiger partial charge is 0.298 e. The number of hydrogen-bond acceptors (Lipinski definition) is 7. The molecule has 3 aromatic heterocycles. The van der Waals surface area contributed by atoms with Crippen LogP contribution >= 0.6 is 0 Å². The molecule has 4 heterocycles. The molecule has 0 saturated carbocycles. The summed E-state index contributed by atoms with van der Waals surface area (Å²) in [7, 11) is -4.25. The minimum absolute atomic E-state index is 0.0203. The van der Waals surface area contributed by atoms with E-state index in [4.69, 9.17) is 0 Å². The Morgan fingerprint density at radius 2 is 1.80 bits per heavy atom. The third kappa shape index (κ3) is 5.10. The molecule has 1 saturated heterocycles. The number of alkyl halides is 1. The average Bonchev–Trinajstić information content (AvgIpc) is 3.14. The van der Waals surface area contributed by atoms with Gasteiger partial charge in [-0.1, -0.05) is 0 Å². The molecule has 3 aromatic rings. The Morgan fingerprint density at radius 1 is 1.09 bits per heavy atom. The van der Waals surface area contributed by atoms with Gasteiger partial charge >= 0.3 is 0 Å². The van der Waals surface area contributed by atoms with Crippen LogP contribution in [0.3, 0.4) is 0 Å². The highest BCUT2D eigenvalue weighted by molar-refractivity contribution is 7.89. The maximum Gasteiger partial charge on any atom is 0.245 e. The maximum atomic E-state index is 14.6. The molecule has 0 aliphatic carbocycles. The van der Waals surface area contributed by atoms with Crippen LogP contribution in [0.15, 0.2) is 47.9 Å². The number of carbonyl (C=O) groups is 1. The molecule has 1 fully saturated rings. The monoisotopic (exact) mass is 501 g/mol. The molecule has 1 aliphatic heterocycles. The van der Waals surface area contributed by atoms with Gasteiger partial charge in [-0.2, -0.15) is 8.70 Å². The fraction of sp³-hybridized carbons (Fsp3) is 0.375. The van der Waals surface area contributed by atoms with E-state index in [1.54, 1.807) is 25.5 Å². The van der Waals surface area contributed by atoms with Gasteiger partial charge in [0.1, 0.15) is 16.9 Å². The maximum absolute atomic E-state index is 14.6. The van der Waals surface area contributed by atoms with E-state index in [1.807, 2.05) is 13.0 Å². The molecule has 0 N–H and O–H groups in total. The van der Waals surface area contributed by atoms with Gasteiger partial charge in [-0.3, -0.25) is 9.78 Å². The smallest absolute Gasteiger partial charge is 0.245 e.